The first-order valence-electron chi connectivity index (χ1n) is 13.1. The van der Waals surface area contributed by atoms with Crippen LogP contribution in [0.5, 0.6) is 0 Å². The number of cyclic esters (lactones) is 1. The summed E-state index contributed by atoms with van der Waals surface area (Å²) in [6.45, 7) is 3.09. The number of amides is 3. The molecule has 2 fully saturated rings. The monoisotopic (exact) mass is 563 g/mol. The quantitative estimate of drug-likeness (QED) is 0.380. The van der Waals surface area contributed by atoms with Gasteiger partial charge in [-0.05, 0) is 19.1 Å². The van der Waals surface area contributed by atoms with Gasteiger partial charge in [0, 0.05) is 49.0 Å². The number of hydrazine groups is 1. The number of carbonyl (C=O) groups excluding carboxylic acids is 2. The van der Waals surface area contributed by atoms with Gasteiger partial charge in [0.15, 0.2) is 11.6 Å². The van der Waals surface area contributed by atoms with Crippen molar-refractivity contribution in [3.63, 3.8) is 0 Å². The van der Waals surface area contributed by atoms with Crippen LogP contribution in [0.4, 0.5) is 35.4 Å². The number of rotatable bonds is 5. The number of carbonyl (C=O) groups is 2. The molecular weight excluding hydrogens is 536 g/mol. The fourth-order valence-corrected chi connectivity index (χ4v) is 5.10. The lowest BCUT2D eigenvalue weighted by Crippen LogP contribution is -2.46. The second-order valence-corrected chi connectivity index (χ2v) is 9.80. The van der Waals surface area contributed by atoms with E-state index in [0.717, 1.165) is 28.7 Å². The minimum Gasteiger partial charge on any atom is -0.442 e. The third-order valence-corrected chi connectivity index (χ3v) is 6.98. The Bertz CT molecular complexity index is 1580. The maximum absolute atomic E-state index is 15.3. The smallest absolute Gasteiger partial charge is 0.414 e. The number of halogens is 2. The van der Waals surface area contributed by atoms with Gasteiger partial charge in [-0.25, -0.2) is 28.5 Å². The molecule has 2 aromatic carbocycles. The molecule has 12 nitrogen and oxygen atoms in total. The van der Waals surface area contributed by atoms with Crippen LogP contribution in [0.15, 0.2) is 54.9 Å². The maximum atomic E-state index is 15.3. The number of pyridine rings is 1. The van der Waals surface area contributed by atoms with Gasteiger partial charge in [0.2, 0.25) is 0 Å². The number of nitrogens with one attached hydrogen (secondary N) is 2. The SMILES string of the molecule is Cc1cc(NC(=O)N2CCN(c3c(F)cc(N4C[C@H](Cn5ccnn5)OC4=O)cc3F)CCN2)c2ccccc2n1. The van der Waals surface area contributed by atoms with Crippen molar-refractivity contribution in [2.24, 2.45) is 0 Å². The number of nitrogens with zero attached hydrogens (tertiary/aromatic N) is 7. The van der Waals surface area contributed by atoms with E-state index in [1.165, 1.54) is 25.7 Å². The van der Waals surface area contributed by atoms with Crippen molar-refractivity contribution in [2.45, 2.75) is 19.6 Å². The van der Waals surface area contributed by atoms with Gasteiger partial charge in [-0.15, -0.1) is 5.10 Å². The van der Waals surface area contributed by atoms with E-state index < -0.39 is 29.9 Å². The molecule has 3 amide bonds. The number of aromatic nitrogens is 4. The van der Waals surface area contributed by atoms with Crippen LogP contribution in [0.3, 0.4) is 0 Å². The first-order valence-corrected chi connectivity index (χ1v) is 13.1. The molecule has 2 aliphatic rings. The van der Waals surface area contributed by atoms with Gasteiger partial charge in [-0.1, -0.05) is 23.4 Å². The second-order valence-electron chi connectivity index (χ2n) is 9.80. The highest BCUT2D eigenvalue weighted by Crippen LogP contribution is 2.31. The molecule has 14 heteroatoms. The predicted molar refractivity (Wildman–Crippen MR) is 146 cm³/mol. The largest absolute Gasteiger partial charge is 0.442 e. The summed E-state index contributed by atoms with van der Waals surface area (Å²) < 4.78 is 37.5. The lowest BCUT2D eigenvalue weighted by atomic mass is 10.1. The number of fused-ring (bicyclic) bond motifs is 1. The van der Waals surface area contributed by atoms with Crippen LogP contribution in [0, 0.1) is 18.6 Å². The highest BCUT2D eigenvalue weighted by atomic mass is 19.1. The molecule has 2 aliphatic heterocycles. The number of benzene rings is 2. The molecule has 0 bridgehead atoms. The highest BCUT2D eigenvalue weighted by Gasteiger charge is 2.34. The number of hydrogen-bond acceptors (Lipinski definition) is 8. The summed E-state index contributed by atoms with van der Waals surface area (Å²) in [6.07, 6.45) is 1.90. The molecule has 212 valence electrons. The van der Waals surface area contributed by atoms with E-state index in [4.69, 9.17) is 4.74 Å². The van der Waals surface area contributed by atoms with Gasteiger partial charge in [-0.2, -0.15) is 0 Å². The van der Waals surface area contributed by atoms with Crippen molar-refractivity contribution >= 4 is 40.1 Å². The zero-order valence-corrected chi connectivity index (χ0v) is 22.1. The molecule has 2 saturated heterocycles. The summed E-state index contributed by atoms with van der Waals surface area (Å²) >= 11 is 0. The standard InChI is InChI=1S/C27H27F2N9O3/c1-17-12-24(20-4-2-3-5-23(20)32-17)33-26(39)38-11-10-35(8-7-31-38)25-21(28)13-18(14-22(25)29)37-16-19(41-27(37)40)15-36-9-6-30-34-36/h2-6,9,12-14,19,31H,7-8,10-11,15-16H2,1H3,(H,32,33,39)/t19-/m0/s1. The van der Waals surface area contributed by atoms with Crippen molar-refractivity contribution in [2.75, 3.05) is 47.8 Å². The van der Waals surface area contributed by atoms with Crippen LogP contribution in [-0.2, 0) is 11.3 Å². The van der Waals surface area contributed by atoms with E-state index in [2.05, 4.69) is 26.0 Å². The van der Waals surface area contributed by atoms with E-state index in [1.807, 2.05) is 31.2 Å². The van der Waals surface area contributed by atoms with Crippen molar-refractivity contribution in [3.8, 4) is 0 Å². The van der Waals surface area contributed by atoms with Gasteiger partial charge in [-0.3, -0.25) is 14.9 Å². The number of aryl methyl sites for hydroxylation is 1. The van der Waals surface area contributed by atoms with Gasteiger partial charge in [0.25, 0.3) is 0 Å². The number of anilines is 3. The normalized spacial score (nSPS) is 17.6. The topological polar surface area (TPSA) is 121 Å². The molecule has 0 unspecified atom stereocenters. The predicted octanol–water partition coefficient (Wildman–Crippen LogP) is 3.30. The fraction of sp³-hybridized carbons (Fsp3) is 0.296. The zero-order chi connectivity index (χ0) is 28.5. The molecule has 0 aliphatic carbocycles. The highest BCUT2D eigenvalue weighted by molar-refractivity contribution is 6.00. The summed E-state index contributed by atoms with van der Waals surface area (Å²) in [5.41, 5.74) is 5.01. The Morgan fingerprint density at radius 2 is 1.95 bits per heavy atom. The third kappa shape index (κ3) is 5.45. The van der Waals surface area contributed by atoms with Gasteiger partial charge in [0.05, 0.1) is 42.7 Å². The van der Waals surface area contributed by atoms with E-state index in [1.54, 1.807) is 12.3 Å². The summed E-state index contributed by atoms with van der Waals surface area (Å²) in [5.74, 6) is -1.63. The van der Waals surface area contributed by atoms with Gasteiger partial charge in [0.1, 0.15) is 11.8 Å². The van der Waals surface area contributed by atoms with Gasteiger partial charge < -0.3 is 15.0 Å². The Kier molecular flexibility index (Phi) is 7.05. The number of para-hydroxylation sites is 1. The van der Waals surface area contributed by atoms with Crippen LogP contribution in [0.1, 0.15) is 5.69 Å². The Morgan fingerprint density at radius 3 is 2.73 bits per heavy atom. The Hall–Kier alpha value is -4.85. The van der Waals surface area contributed by atoms with E-state index in [-0.39, 0.29) is 50.6 Å². The summed E-state index contributed by atoms with van der Waals surface area (Å²) in [5, 5.41) is 12.7. The van der Waals surface area contributed by atoms with Crippen molar-refractivity contribution in [1.29, 1.82) is 0 Å². The molecule has 0 saturated carbocycles. The molecule has 0 spiro atoms. The molecule has 6 rings (SSSR count). The summed E-state index contributed by atoms with van der Waals surface area (Å²) in [6, 6.07) is 11.1. The van der Waals surface area contributed by atoms with E-state index >= 15 is 8.78 Å². The molecule has 41 heavy (non-hydrogen) atoms. The number of hydrogen-bond donors (Lipinski definition) is 2. The van der Waals surface area contributed by atoms with Crippen LogP contribution in [0.2, 0.25) is 0 Å². The average molecular weight is 564 g/mol. The Balaban J connectivity index is 1.13. The summed E-state index contributed by atoms with van der Waals surface area (Å²) in [4.78, 5) is 32.8. The lowest BCUT2D eigenvalue weighted by Gasteiger charge is -2.25. The van der Waals surface area contributed by atoms with Crippen molar-refractivity contribution < 1.29 is 23.1 Å². The number of urea groups is 1. The van der Waals surface area contributed by atoms with Crippen LogP contribution in [0.25, 0.3) is 10.9 Å². The van der Waals surface area contributed by atoms with Crippen molar-refractivity contribution in [1.82, 2.24) is 30.4 Å². The zero-order valence-electron chi connectivity index (χ0n) is 22.1. The minimum atomic E-state index is -0.816. The number of ether oxygens (including phenoxy) is 1. The van der Waals surface area contributed by atoms with E-state index in [9.17, 15) is 9.59 Å². The van der Waals surface area contributed by atoms with Crippen LogP contribution >= 0.6 is 0 Å². The third-order valence-electron chi connectivity index (χ3n) is 6.98. The van der Waals surface area contributed by atoms with Crippen molar-refractivity contribution in [3.05, 3.63) is 72.2 Å². The molecule has 4 heterocycles. The van der Waals surface area contributed by atoms with Crippen LogP contribution in [-0.4, -0.2) is 75.9 Å². The molecular formula is C27H27F2N9O3. The molecule has 0 radical (unpaired) electrons. The van der Waals surface area contributed by atoms with E-state index in [0.29, 0.717) is 5.69 Å². The summed E-state index contributed by atoms with van der Waals surface area (Å²) in [7, 11) is 0. The fourth-order valence-electron chi connectivity index (χ4n) is 5.10. The molecule has 4 aromatic rings. The Morgan fingerprint density at radius 1 is 1.15 bits per heavy atom. The first kappa shape index (κ1) is 26.4. The molecule has 1 atom stereocenters. The minimum absolute atomic E-state index is 0.0589. The maximum Gasteiger partial charge on any atom is 0.414 e. The lowest BCUT2D eigenvalue weighted by molar-refractivity contribution is 0.129. The second kappa shape index (κ2) is 11.0. The molecule has 2 N–H and O–H groups in total. The first-order chi connectivity index (χ1) is 19.9. The van der Waals surface area contributed by atoms with Crippen LogP contribution < -0.4 is 20.5 Å². The average Bonchev–Trinajstić information content (AvgIpc) is 3.51. The molecule has 2 aromatic heterocycles. The Labute approximate surface area is 233 Å². The van der Waals surface area contributed by atoms with Gasteiger partial charge >= 0.3 is 12.1 Å².